The second-order valence-corrected chi connectivity index (χ2v) is 9.38. The van der Waals surface area contributed by atoms with E-state index in [9.17, 15) is 4.79 Å². The first-order valence-corrected chi connectivity index (χ1v) is 12.0. The minimum Gasteiger partial charge on any atom is -0.369 e. The molecule has 2 aromatic heterocycles. The zero-order valence-corrected chi connectivity index (χ0v) is 19.0. The highest BCUT2D eigenvalue weighted by Gasteiger charge is 2.34. The Morgan fingerprint density at radius 1 is 0.941 bits per heavy atom. The van der Waals surface area contributed by atoms with Crippen molar-refractivity contribution >= 4 is 22.8 Å². The zero-order chi connectivity index (χ0) is 23.2. The smallest absolute Gasteiger partial charge is 0.225 e. The van der Waals surface area contributed by atoms with Crippen molar-refractivity contribution in [3.8, 4) is 11.1 Å². The van der Waals surface area contributed by atoms with Crippen molar-refractivity contribution in [2.45, 2.75) is 12.8 Å². The van der Waals surface area contributed by atoms with Crippen LogP contribution in [0.1, 0.15) is 12.8 Å². The molecule has 34 heavy (non-hydrogen) atoms. The van der Waals surface area contributed by atoms with Gasteiger partial charge in [-0.1, -0.05) is 0 Å². The van der Waals surface area contributed by atoms with E-state index in [1.54, 1.807) is 23.0 Å². The molecule has 1 N–H and O–H groups in total. The number of carbonyl (C=O) groups is 1. The molecule has 1 amide bonds. The number of halogens is 2. The maximum Gasteiger partial charge on any atom is 0.225 e. The first kappa shape index (κ1) is 21.3. The fourth-order valence-electron chi connectivity index (χ4n) is 5.10. The first-order chi connectivity index (χ1) is 16.6. The van der Waals surface area contributed by atoms with Gasteiger partial charge < -0.3 is 20.0 Å². The van der Waals surface area contributed by atoms with Crippen molar-refractivity contribution in [1.82, 2.24) is 19.8 Å². The minimum atomic E-state index is -0.571. The number of anilines is 2. The Balaban J connectivity index is 1.27. The maximum absolute atomic E-state index is 15.2. The molecule has 0 unspecified atom stereocenters. The molecular formula is C25H28F2N6O. The standard InChI is InChI=1S/C25H28F2N6O/c26-20-14-19(30-7-5-28-6-8-30)15-21(27)24(20)18-13-23-22(3-4-29-33(23)16-18)31-9-11-32(12-10-31)25(34)17-1-2-17/h3-4,13-17,28H,1-2,5-12H2. The highest BCUT2D eigenvalue weighted by molar-refractivity contribution is 5.83. The summed E-state index contributed by atoms with van der Waals surface area (Å²) in [6.45, 7) is 5.87. The van der Waals surface area contributed by atoms with E-state index in [1.165, 1.54) is 12.1 Å². The van der Waals surface area contributed by atoms with Gasteiger partial charge in [0.15, 0.2) is 0 Å². The number of aromatic nitrogens is 2. The second kappa shape index (κ2) is 8.54. The molecule has 1 aliphatic carbocycles. The van der Waals surface area contributed by atoms with Gasteiger partial charge in [-0.05, 0) is 37.1 Å². The molecule has 2 saturated heterocycles. The van der Waals surface area contributed by atoms with E-state index in [0.29, 0.717) is 24.3 Å². The Kier molecular flexibility index (Phi) is 5.36. The van der Waals surface area contributed by atoms with Gasteiger partial charge in [-0.15, -0.1) is 0 Å². The lowest BCUT2D eigenvalue weighted by atomic mass is 10.1. The van der Waals surface area contributed by atoms with Gasteiger partial charge in [0.2, 0.25) is 5.91 Å². The van der Waals surface area contributed by atoms with Gasteiger partial charge >= 0.3 is 0 Å². The SMILES string of the molecule is O=C(C1CC1)N1CCN(c2ccnn3cc(-c4c(F)cc(N5CCNCC5)cc4F)cc23)CC1. The van der Waals surface area contributed by atoms with Crippen molar-refractivity contribution in [3.63, 3.8) is 0 Å². The van der Waals surface area contributed by atoms with Gasteiger partial charge in [-0.2, -0.15) is 5.10 Å². The van der Waals surface area contributed by atoms with Crippen LogP contribution in [0.5, 0.6) is 0 Å². The predicted molar refractivity (Wildman–Crippen MR) is 127 cm³/mol. The molecule has 6 rings (SSSR count). The number of piperazine rings is 2. The van der Waals surface area contributed by atoms with Gasteiger partial charge in [0.05, 0.1) is 16.8 Å². The average Bonchev–Trinajstić information content (AvgIpc) is 3.62. The number of benzene rings is 1. The van der Waals surface area contributed by atoms with E-state index in [2.05, 4.69) is 15.3 Å². The van der Waals surface area contributed by atoms with Crippen LogP contribution < -0.4 is 15.1 Å². The van der Waals surface area contributed by atoms with Crippen molar-refractivity contribution in [1.29, 1.82) is 0 Å². The van der Waals surface area contributed by atoms with Crippen LogP contribution in [0.2, 0.25) is 0 Å². The summed E-state index contributed by atoms with van der Waals surface area (Å²) in [5.74, 6) is -0.633. The lowest BCUT2D eigenvalue weighted by molar-refractivity contribution is -0.132. The Bertz CT molecular complexity index is 1200. The minimum absolute atomic E-state index is 0.0322. The van der Waals surface area contributed by atoms with E-state index in [1.807, 2.05) is 15.9 Å². The van der Waals surface area contributed by atoms with Crippen LogP contribution >= 0.6 is 0 Å². The quantitative estimate of drug-likeness (QED) is 0.641. The van der Waals surface area contributed by atoms with Gasteiger partial charge in [0.25, 0.3) is 0 Å². The molecule has 0 atom stereocenters. The van der Waals surface area contributed by atoms with Crippen molar-refractivity contribution in [2.24, 2.45) is 5.92 Å². The number of nitrogens with zero attached hydrogens (tertiary/aromatic N) is 5. The summed E-state index contributed by atoms with van der Waals surface area (Å²) < 4.78 is 32.0. The van der Waals surface area contributed by atoms with Crippen LogP contribution in [0.25, 0.3) is 16.6 Å². The van der Waals surface area contributed by atoms with Crippen LogP contribution in [0, 0.1) is 17.6 Å². The highest BCUT2D eigenvalue weighted by Crippen LogP contribution is 2.35. The van der Waals surface area contributed by atoms with E-state index < -0.39 is 11.6 Å². The molecule has 0 radical (unpaired) electrons. The molecule has 1 aromatic carbocycles. The molecule has 178 valence electrons. The van der Waals surface area contributed by atoms with Crippen LogP contribution in [-0.4, -0.2) is 72.8 Å². The third-order valence-corrected chi connectivity index (χ3v) is 7.14. The van der Waals surface area contributed by atoms with Crippen molar-refractivity contribution < 1.29 is 13.6 Å². The molecule has 0 bridgehead atoms. The van der Waals surface area contributed by atoms with Crippen LogP contribution in [0.15, 0.2) is 36.7 Å². The fraction of sp³-hybridized carbons (Fsp3) is 0.440. The van der Waals surface area contributed by atoms with Crippen LogP contribution in [-0.2, 0) is 4.79 Å². The van der Waals surface area contributed by atoms with Crippen molar-refractivity contribution in [3.05, 3.63) is 48.3 Å². The number of nitrogens with one attached hydrogen (secondary N) is 1. The van der Waals surface area contributed by atoms with E-state index in [0.717, 1.165) is 63.3 Å². The molecule has 2 aliphatic heterocycles. The Labute approximate surface area is 196 Å². The summed E-state index contributed by atoms with van der Waals surface area (Å²) in [6.07, 6.45) is 5.41. The molecule has 3 aliphatic rings. The summed E-state index contributed by atoms with van der Waals surface area (Å²) in [7, 11) is 0. The molecular weight excluding hydrogens is 438 g/mol. The molecule has 3 aromatic rings. The van der Waals surface area contributed by atoms with Gasteiger partial charge in [0, 0.05) is 81.9 Å². The Morgan fingerprint density at radius 3 is 2.32 bits per heavy atom. The number of amides is 1. The summed E-state index contributed by atoms with van der Waals surface area (Å²) in [6, 6.07) is 6.58. The summed E-state index contributed by atoms with van der Waals surface area (Å²) in [4.78, 5) is 18.6. The molecule has 4 heterocycles. The van der Waals surface area contributed by atoms with E-state index >= 15 is 8.78 Å². The fourth-order valence-corrected chi connectivity index (χ4v) is 5.10. The topological polar surface area (TPSA) is 56.1 Å². The number of hydrogen-bond donors (Lipinski definition) is 1. The Morgan fingerprint density at radius 2 is 1.65 bits per heavy atom. The highest BCUT2D eigenvalue weighted by atomic mass is 19.1. The molecule has 7 nitrogen and oxygen atoms in total. The maximum atomic E-state index is 15.2. The largest absolute Gasteiger partial charge is 0.369 e. The molecule has 1 saturated carbocycles. The number of carbonyl (C=O) groups excluding carboxylic acids is 1. The number of fused-ring (bicyclic) bond motifs is 1. The van der Waals surface area contributed by atoms with E-state index in [4.69, 9.17) is 0 Å². The lowest BCUT2D eigenvalue weighted by Gasteiger charge is -2.36. The summed E-state index contributed by atoms with van der Waals surface area (Å²) >= 11 is 0. The Hall–Kier alpha value is -3.20. The number of rotatable bonds is 4. The van der Waals surface area contributed by atoms with Crippen LogP contribution in [0.3, 0.4) is 0 Å². The zero-order valence-electron chi connectivity index (χ0n) is 19.0. The number of hydrogen-bond acceptors (Lipinski definition) is 5. The molecule has 3 fully saturated rings. The third kappa shape index (κ3) is 3.87. The molecule has 0 spiro atoms. The normalized spacial score (nSPS) is 19.2. The third-order valence-electron chi connectivity index (χ3n) is 7.14. The summed E-state index contributed by atoms with van der Waals surface area (Å²) in [5.41, 5.74) is 2.75. The average molecular weight is 467 g/mol. The van der Waals surface area contributed by atoms with E-state index in [-0.39, 0.29) is 17.4 Å². The summed E-state index contributed by atoms with van der Waals surface area (Å²) in [5, 5.41) is 7.62. The van der Waals surface area contributed by atoms with Gasteiger partial charge in [0.1, 0.15) is 11.6 Å². The monoisotopic (exact) mass is 466 g/mol. The van der Waals surface area contributed by atoms with Crippen LogP contribution in [0.4, 0.5) is 20.2 Å². The van der Waals surface area contributed by atoms with Gasteiger partial charge in [-0.25, -0.2) is 13.3 Å². The van der Waals surface area contributed by atoms with Gasteiger partial charge in [-0.3, -0.25) is 4.79 Å². The van der Waals surface area contributed by atoms with Crippen molar-refractivity contribution in [2.75, 3.05) is 62.2 Å². The second-order valence-electron chi connectivity index (χ2n) is 9.38. The lowest BCUT2D eigenvalue weighted by Crippen LogP contribution is -2.49. The predicted octanol–water partition coefficient (Wildman–Crippen LogP) is 2.75. The molecule has 9 heteroatoms. The first-order valence-electron chi connectivity index (χ1n) is 12.0.